The van der Waals surface area contributed by atoms with Crippen LogP contribution in [0, 0.1) is 0 Å². The summed E-state index contributed by atoms with van der Waals surface area (Å²) in [4.78, 5) is 10.7. The molecule has 16 heavy (non-hydrogen) atoms. The van der Waals surface area contributed by atoms with Gasteiger partial charge in [0.25, 0.3) is 0 Å². The van der Waals surface area contributed by atoms with Gasteiger partial charge < -0.3 is 16.2 Å². The maximum absolute atomic E-state index is 10.7. The molecule has 0 bridgehead atoms. The van der Waals surface area contributed by atoms with E-state index in [1.807, 2.05) is 24.3 Å². The summed E-state index contributed by atoms with van der Waals surface area (Å²) in [6.45, 7) is 4.36. The van der Waals surface area contributed by atoms with Crippen molar-refractivity contribution in [3.8, 4) is 5.75 Å². The lowest BCUT2D eigenvalue weighted by Crippen LogP contribution is -2.41. The molecule has 1 rings (SSSR count). The third-order valence-electron chi connectivity index (χ3n) is 2.34. The minimum Gasteiger partial charge on any atom is -0.491 e. The second-order valence-electron chi connectivity index (χ2n) is 4.04. The predicted molar refractivity (Wildman–Crippen MR) is 63.2 cm³/mol. The highest BCUT2D eigenvalue weighted by Crippen LogP contribution is 2.18. The van der Waals surface area contributed by atoms with Gasteiger partial charge in [0.15, 0.2) is 0 Å². The van der Waals surface area contributed by atoms with Crippen LogP contribution in [0.25, 0.3) is 0 Å². The Kier molecular flexibility index (Phi) is 4.31. The fraction of sp³-hybridized carbons (Fsp3) is 0.417. The highest BCUT2D eigenvalue weighted by Gasteiger charge is 2.09. The van der Waals surface area contributed by atoms with E-state index in [0.29, 0.717) is 11.7 Å². The van der Waals surface area contributed by atoms with Crippen molar-refractivity contribution in [1.29, 1.82) is 0 Å². The normalized spacial score (nSPS) is 12.5. The Morgan fingerprint density at radius 1 is 1.31 bits per heavy atom. The van der Waals surface area contributed by atoms with Crippen molar-refractivity contribution >= 4 is 5.91 Å². The number of ether oxygens (including phenoxy) is 1. The topological polar surface area (TPSA) is 78.3 Å². The lowest BCUT2D eigenvalue weighted by molar-refractivity contribution is -0.119. The average Bonchev–Trinajstić information content (AvgIpc) is 2.26. The SMILES string of the molecule is CC(C)c1ccc(OCC(N)C(N)=O)cc1. The number of hydrogen-bond acceptors (Lipinski definition) is 3. The molecule has 4 nitrogen and oxygen atoms in total. The molecular weight excluding hydrogens is 204 g/mol. The van der Waals surface area contributed by atoms with Gasteiger partial charge >= 0.3 is 0 Å². The van der Waals surface area contributed by atoms with Gasteiger partial charge in [0.05, 0.1) is 0 Å². The summed E-state index contributed by atoms with van der Waals surface area (Å²) in [5.74, 6) is 0.627. The monoisotopic (exact) mass is 222 g/mol. The van der Waals surface area contributed by atoms with Crippen molar-refractivity contribution in [3.05, 3.63) is 29.8 Å². The Morgan fingerprint density at radius 3 is 2.31 bits per heavy atom. The van der Waals surface area contributed by atoms with Gasteiger partial charge in [-0.2, -0.15) is 0 Å². The summed E-state index contributed by atoms with van der Waals surface area (Å²) in [5.41, 5.74) is 11.7. The van der Waals surface area contributed by atoms with Gasteiger partial charge in [0.2, 0.25) is 5.91 Å². The molecule has 4 N–H and O–H groups in total. The second kappa shape index (κ2) is 5.51. The molecule has 1 aromatic rings. The first-order chi connectivity index (χ1) is 7.50. The molecule has 0 aliphatic rings. The van der Waals surface area contributed by atoms with E-state index in [-0.39, 0.29) is 6.61 Å². The van der Waals surface area contributed by atoms with Gasteiger partial charge in [0, 0.05) is 0 Å². The van der Waals surface area contributed by atoms with Crippen LogP contribution in [0.3, 0.4) is 0 Å². The van der Waals surface area contributed by atoms with Crippen molar-refractivity contribution in [3.63, 3.8) is 0 Å². The lowest BCUT2D eigenvalue weighted by Gasteiger charge is -2.11. The molecule has 0 fully saturated rings. The molecule has 0 aliphatic carbocycles. The fourth-order valence-corrected chi connectivity index (χ4v) is 1.22. The molecule has 0 saturated heterocycles. The Morgan fingerprint density at radius 2 is 1.88 bits per heavy atom. The summed E-state index contributed by atoms with van der Waals surface area (Å²) in [7, 11) is 0. The van der Waals surface area contributed by atoms with Crippen LogP contribution in [-0.4, -0.2) is 18.6 Å². The van der Waals surface area contributed by atoms with Crippen LogP contribution < -0.4 is 16.2 Å². The number of amides is 1. The van der Waals surface area contributed by atoms with Crippen LogP contribution in [0.1, 0.15) is 25.3 Å². The lowest BCUT2D eigenvalue weighted by atomic mass is 10.0. The maximum Gasteiger partial charge on any atom is 0.237 e. The second-order valence-corrected chi connectivity index (χ2v) is 4.04. The Hall–Kier alpha value is -1.55. The highest BCUT2D eigenvalue weighted by atomic mass is 16.5. The Balaban J connectivity index is 2.52. The largest absolute Gasteiger partial charge is 0.491 e. The molecule has 0 saturated carbocycles. The standard InChI is InChI=1S/C12H18N2O2/c1-8(2)9-3-5-10(6-4-9)16-7-11(13)12(14)15/h3-6,8,11H,7,13H2,1-2H3,(H2,14,15). The summed E-state index contributed by atoms with van der Waals surface area (Å²) < 4.78 is 5.34. The van der Waals surface area contributed by atoms with E-state index in [9.17, 15) is 4.79 Å². The van der Waals surface area contributed by atoms with Crippen LogP contribution in [0.5, 0.6) is 5.75 Å². The van der Waals surface area contributed by atoms with Gasteiger partial charge in [0.1, 0.15) is 18.4 Å². The number of rotatable bonds is 5. The molecule has 0 radical (unpaired) electrons. The van der Waals surface area contributed by atoms with Crippen molar-refractivity contribution < 1.29 is 9.53 Å². The van der Waals surface area contributed by atoms with E-state index in [0.717, 1.165) is 0 Å². The van der Waals surface area contributed by atoms with Crippen molar-refractivity contribution in [2.24, 2.45) is 11.5 Å². The van der Waals surface area contributed by atoms with Crippen LogP contribution in [0.4, 0.5) is 0 Å². The summed E-state index contributed by atoms with van der Waals surface area (Å²) in [6, 6.07) is 6.96. The molecule has 1 aromatic carbocycles. The van der Waals surface area contributed by atoms with Crippen molar-refractivity contribution in [2.45, 2.75) is 25.8 Å². The zero-order chi connectivity index (χ0) is 12.1. The minimum atomic E-state index is -0.759. The van der Waals surface area contributed by atoms with Gasteiger partial charge in [-0.3, -0.25) is 4.79 Å². The maximum atomic E-state index is 10.7. The molecular formula is C12H18N2O2. The van der Waals surface area contributed by atoms with E-state index in [4.69, 9.17) is 16.2 Å². The van der Waals surface area contributed by atoms with E-state index in [1.54, 1.807) is 0 Å². The molecule has 0 spiro atoms. The Labute approximate surface area is 95.6 Å². The summed E-state index contributed by atoms with van der Waals surface area (Å²) in [5, 5.41) is 0. The number of carbonyl (C=O) groups is 1. The number of nitrogens with two attached hydrogens (primary N) is 2. The third kappa shape index (κ3) is 3.55. The molecule has 0 heterocycles. The molecule has 88 valence electrons. The van der Waals surface area contributed by atoms with E-state index in [2.05, 4.69) is 13.8 Å². The number of carbonyl (C=O) groups excluding carboxylic acids is 1. The average molecular weight is 222 g/mol. The molecule has 0 aromatic heterocycles. The van der Waals surface area contributed by atoms with E-state index < -0.39 is 11.9 Å². The molecule has 1 unspecified atom stereocenters. The zero-order valence-electron chi connectivity index (χ0n) is 9.64. The van der Waals surface area contributed by atoms with Gasteiger partial charge in [-0.1, -0.05) is 26.0 Å². The first kappa shape index (κ1) is 12.5. The van der Waals surface area contributed by atoms with Crippen LogP contribution in [0.2, 0.25) is 0 Å². The first-order valence-corrected chi connectivity index (χ1v) is 5.28. The molecule has 1 amide bonds. The quantitative estimate of drug-likeness (QED) is 0.780. The van der Waals surface area contributed by atoms with Crippen LogP contribution >= 0.6 is 0 Å². The highest BCUT2D eigenvalue weighted by molar-refractivity contribution is 5.79. The predicted octanol–water partition coefficient (Wildman–Crippen LogP) is 1.00. The number of benzene rings is 1. The first-order valence-electron chi connectivity index (χ1n) is 5.28. The Bertz CT molecular complexity index is 347. The zero-order valence-corrected chi connectivity index (χ0v) is 9.64. The minimum absolute atomic E-state index is 0.107. The van der Waals surface area contributed by atoms with Crippen molar-refractivity contribution in [1.82, 2.24) is 0 Å². The van der Waals surface area contributed by atoms with Crippen molar-refractivity contribution in [2.75, 3.05) is 6.61 Å². The summed E-state index contributed by atoms with van der Waals surface area (Å²) >= 11 is 0. The third-order valence-corrected chi connectivity index (χ3v) is 2.34. The summed E-state index contributed by atoms with van der Waals surface area (Å²) in [6.07, 6.45) is 0. The van der Waals surface area contributed by atoms with Gasteiger partial charge in [-0.25, -0.2) is 0 Å². The van der Waals surface area contributed by atoms with Crippen LogP contribution in [0.15, 0.2) is 24.3 Å². The molecule has 4 heteroatoms. The van der Waals surface area contributed by atoms with Gasteiger partial charge in [-0.15, -0.1) is 0 Å². The smallest absolute Gasteiger partial charge is 0.237 e. The van der Waals surface area contributed by atoms with Gasteiger partial charge in [-0.05, 0) is 23.6 Å². The van der Waals surface area contributed by atoms with E-state index in [1.165, 1.54) is 5.56 Å². The molecule has 0 aliphatic heterocycles. The number of hydrogen-bond donors (Lipinski definition) is 2. The fourth-order valence-electron chi connectivity index (χ4n) is 1.22. The number of primary amides is 1. The molecule has 1 atom stereocenters. The van der Waals surface area contributed by atoms with E-state index >= 15 is 0 Å². The van der Waals surface area contributed by atoms with Crippen LogP contribution in [-0.2, 0) is 4.79 Å².